The molecule has 0 aliphatic heterocycles. The van der Waals surface area contributed by atoms with Crippen LogP contribution in [0.4, 0.5) is 0 Å². The number of H-pyrrole nitrogens is 1. The second-order valence-corrected chi connectivity index (χ2v) is 3.13. The van der Waals surface area contributed by atoms with Crippen molar-refractivity contribution in [1.82, 2.24) is 4.98 Å². The molecule has 1 radical (unpaired) electrons. The number of hydrogen-bond acceptors (Lipinski definition) is 0. The first-order valence-corrected chi connectivity index (χ1v) is 4.32. The topological polar surface area (TPSA) is 15.8 Å². The number of aromatic nitrogens is 1. The molecule has 0 bridgehead atoms. The molecule has 1 N–H and O–H groups in total. The van der Waals surface area contributed by atoms with E-state index in [2.05, 4.69) is 35.3 Å². The molecule has 0 amide bonds. The number of benzene rings is 2. The normalized spacial score (nSPS) is 10.3. The second-order valence-electron chi connectivity index (χ2n) is 3.13. The molecular weight excluding hydrogens is 350 g/mol. The summed E-state index contributed by atoms with van der Waals surface area (Å²) in [6.45, 7) is 0. The van der Waals surface area contributed by atoms with Crippen molar-refractivity contribution in [3.63, 3.8) is 0 Å². The van der Waals surface area contributed by atoms with E-state index in [-0.39, 0.29) is 20.1 Å². The monoisotopic (exact) mass is 359 g/mol. The third-order valence-corrected chi connectivity index (χ3v) is 2.33. The van der Waals surface area contributed by atoms with Gasteiger partial charge in [-0.15, -0.1) is 5.39 Å². The van der Waals surface area contributed by atoms with Crippen LogP contribution in [0.2, 0.25) is 0 Å². The Morgan fingerprint density at radius 2 is 1.71 bits per heavy atom. The molecule has 1 aromatic heterocycles. The molecule has 0 fully saturated rings. The van der Waals surface area contributed by atoms with Gasteiger partial charge in [-0.1, -0.05) is 23.7 Å². The molecule has 2 heteroatoms. The van der Waals surface area contributed by atoms with Gasteiger partial charge in [0.25, 0.3) is 0 Å². The summed E-state index contributed by atoms with van der Waals surface area (Å²) in [5.74, 6) is 0. The molecule has 1 heterocycles. The van der Waals surface area contributed by atoms with Crippen LogP contribution in [0.1, 0.15) is 0 Å². The van der Waals surface area contributed by atoms with Gasteiger partial charge in [-0.05, 0) is 11.5 Å². The van der Waals surface area contributed by atoms with Gasteiger partial charge in [0.2, 0.25) is 0 Å². The van der Waals surface area contributed by atoms with Gasteiger partial charge in [-0.3, -0.25) is 0 Å². The van der Waals surface area contributed by atoms with Gasteiger partial charge in [-0.25, -0.2) is 0 Å². The van der Waals surface area contributed by atoms with Crippen LogP contribution in [0.3, 0.4) is 0 Å². The predicted octanol–water partition coefficient (Wildman–Crippen LogP) is 3.12. The van der Waals surface area contributed by atoms with Crippen LogP contribution in [0.15, 0.2) is 42.5 Å². The molecular formula is C12H8IrN-. The zero-order chi connectivity index (χ0) is 8.67. The van der Waals surface area contributed by atoms with E-state index in [1.165, 1.54) is 16.3 Å². The van der Waals surface area contributed by atoms with Crippen LogP contribution < -0.4 is 0 Å². The smallest absolute Gasteiger partial charge is 0.0322 e. The molecule has 0 spiro atoms. The van der Waals surface area contributed by atoms with Crippen molar-refractivity contribution in [2.45, 2.75) is 0 Å². The third kappa shape index (κ3) is 1.28. The molecule has 0 aliphatic carbocycles. The van der Waals surface area contributed by atoms with E-state index in [0.717, 1.165) is 5.52 Å². The summed E-state index contributed by atoms with van der Waals surface area (Å²) in [6.07, 6.45) is 0. The Kier molecular flexibility index (Phi) is 2.40. The van der Waals surface area contributed by atoms with E-state index in [9.17, 15) is 0 Å². The third-order valence-electron chi connectivity index (χ3n) is 2.33. The van der Waals surface area contributed by atoms with Crippen molar-refractivity contribution in [2.75, 3.05) is 0 Å². The van der Waals surface area contributed by atoms with E-state index in [1.807, 2.05) is 18.2 Å². The maximum Gasteiger partial charge on any atom is 0.0322 e. The second kappa shape index (κ2) is 3.56. The summed E-state index contributed by atoms with van der Waals surface area (Å²) in [5.41, 5.74) is 2.27. The van der Waals surface area contributed by atoms with E-state index in [1.54, 1.807) is 0 Å². The van der Waals surface area contributed by atoms with Gasteiger partial charge >= 0.3 is 0 Å². The van der Waals surface area contributed by atoms with Crippen molar-refractivity contribution in [3.8, 4) is 0 Å². The number of rotatable bonds is 0. The summed E-state index contributed by atoms with van der Waals surface area (Å²) in [6, 6.07) is 17.6. The maximum atomic E-state index is 3.32. The van der Waals surface area contributed by atoms with E-state index in [0.29, 0.717) is 0 Å². The average molecular weight is 358 g/mol. The number of para-hydroxylation sites is 2. The van der Waals surface area contributed by atoms with Crippen LogP contribution in [-0.4, -0.2) is 4.98 Å². The minimum Gasteiger partial charge on any atom is -0.378 e. The zero-order valence-corrected chi connectivity index (χ0v) is 9.77. The van der Waals surface area contributed by atoms with Crippen molar-refractivity contribution in [2.24, 2.45) is 0 Å². The quantitative estimate of drug-likeness (QED) is 0.595. The SMILES string of the molecule is [Ir].[c-]1cccc2c1[nH]c1ccccc12. The summed E-state index contributed by atoms with van der Waals surface area (Å²) in [4.78, 5) is 3.32. The predicted molar refractivity (Wildman–Crippen MR) is 54.6 cm³/mol. The van der Waals surface area contributed by atoms with Gasteiger partial charge in [0.05, 0.1) is 0 Å². The molecule has 3 aromatic rings. The molecule has 1 nitrogen and oxygen atoms in total. The minimum absolute atomic E-state index is 0. The number of nitrogens with one attached hydrogen (secondary N) is 1. The molecule has 14 heavy (non-hydrogen) atoms. The first-order valence-electron chi connectivity index (χ1n) is 4.32. The summed E-state index contributed by atoms with van der Waals surface area (Å²) < 4.78 is 0. The van der Waals surface area contributed by atoms with E-state index >= 15 is 0 Å². The van der Waals surface area contributed by atoms with Crippen molar-refractivity contribution in [1.29, 1.82) is 0 Å². The molecule has 0 saturated heterocycles. The standard InChI is InChI=1S/C12H8N.Ir/c1-3-7-11-9(5-1)10-6-2-4-8-12(10)13-11;/h1-7,13H;/q-1;. The van der Waals surface area contributed by atoms with Crippen LogP contribution in [0, 0.1) is 6.07 Å². The Morgan fingerprint density at radius 3 is 2.64 bits per heavy atom. The molecule has 3 rings (SSSR count). The number of fused-ring (bicyclic) bond motifs is 3. The molecule has 0 atom stereocenters. The average Bonchev–Trinajstić information content (AvgIpc) is 2.56. The summed E-state index contributed by atoms with van der Waals surface area (Å²) in [7, 11) is 0. The maximum absolute atomic E-state index is 3.32. The summed E-state index contributed by atoms with van der Waals surface area (Å²) >= 11 is 0. The molecule has 0 aliphatic rings. The number of aromatic amines is 1. The largest absolute Gasteiger partial charge is 0.378 e. The Bertz CT molecular complexity index is 518. The van der Waals surface area contributed by atoms with Crippen molar-refractivity contribution in [3.05, 3.63) is 48.5 Å². The first kappa shape index (κ1) is 9.44. The fraction of sp³-hybridized carbons (Fsp3) is 0. The fourth-order valence-electron chi connectivity index (χ4n) is 1.73. The minimum atomic E-state index is 0. The number of hydrogen-bond donors (Lipinski definition) is 1. The Hall–Kier alpha value is -1.11. The van der Waals surface area contributed by atoms with Gasteiger partial charge in [-0.2, -0.15) is 24.3 Å². The van der Waals surface area contributed by atoms with E-state index in [4.69, 9.17) is 0 Å². The van der Waals surface area contributed by atoms with Gasteiger partial charge in [0, 0.05) is 25.6 Å². The summed E-state index contributed by atoms with van der Waals surface area (Å²) in [5, 5.41) is 2.52. The Balaban J connectivity index is 0.000000750. The fourth-order valence-corrected chi connectivity index (χ4v) is 1.73. The van der Waals surface area contributed by atoms with Gasteiger partial charge in [0.1, 0.15) is 0 Å². The van der Waals surface area contributed by atoms with Crippen LogP contribution in [-0.2, 0) is 20.1 Å². The molecule has 0 unspecified atom stereocenters. The van der Waals surface area contributed by atoms with Crippen molar-refractivity contribution < 1.29 is 20.1 Å². The zero-order valence-electron chi connectivity index (χ0n) is 7.37. The van der Waals surface area contributed by atoms with Crippen molar-refractivity contribution >= 4 is 21.8 Å². The molecule has 2 aromatic carbocycles. The first-order chi connectivity index (χ1) is 6.45. The Labute approximate surface area is 95.5 Å². The van der Waals surface area contributed by atoms with E-state index < -0.39 is 0 Å². The van der Waals surface area contributed by atoms with Gasteiger partial charge in [0.15, 0.2) is 0 Å². The van der Waals surface area contributed by atoms with Crippen LogP contribution >= 0.6 is 0 Å². The van der Waals surface area contributed by atoms with Crippen LogP contribution in [0.5, 0.6) is 0 Å². The van der Waals surface area contributed by atoms with Crippen LogP contribution in [0.25, 0.3) is 21.8 Å². The Morgan fingerprint density at radius 1 is 0.929 bits per heavy atom. The molecule has 0 saturated carbocycles. The molecule has 71 valence electrons. The van der Waals surface area contributed by atoms with Gasteiger partial charge < -0.3 is 4.98 Å².